The highest BCUT2D eigenvalue weighted by molar-refractivity contribution is 9.10. The second kappa shape index (κ2) is 3.16. The lowest BCUT2D eigenvalue weighted by molar-refractivity contribution is -0.884. The van der Waals surface area contributed by atoms with Gasteiger partial charge in [-0.1, -0.05) is 17.7 Å². The molecule has 1 aromatic carbocycles. The molecule has 0 unspecified atom stereocenters. The fourth-order valence-electron chi connectivity index (χ4n) is 1.24. The highest BCUT2D eigenvalue weighted by Crippen LogP contribution is 2.27. The molecule has 0 aliphatic heterocycles. The summed E-state index contributed by atoms with van der Waals surface area (Å²) in [7, 11) is 0. The first-order chi connectivity index (χ1) is 6.20. The number of pyridine rings is 1. The first-order valence-electron chi connectivity index (χ1n) is 3.68. The molecule has 2 nitrogen and oxygen atoms in total. The molecule has 0 aliphatic carbocycles. The van der Waals surface area contributed by atoms with Crippen LogP contribution in [0.25, 0.3) is 10.9 Å². The van der Waals surface area contributed by atoms with Crippen molar-refractivity contribution in [1.82, 2.24) is 0 Å². The SMILES string of the molecule is O[n+]1ccc(Cl)c2c(Br)cccc21. The molecule has 0 aliphatic rings. The van der Waals surface area contributed by atoms with E-state index in [1.54, 1.807) is 12.1 Å². The van der Waals surface area contributed by atoms with E-state index in [1.807, 2.05) is 12.1 Å². The molecule has 1 aromatic heterocycles. The van der Waals surface area contributed by atoms with Crippen molar-refractivity contribution in [3.05, 3.63) is 40.0 Å². The Balaban J connectivity index is 3.00. The normalized spacial score (nSPS) is 10.6. The second-order valence-corrected chi connectivity index (χ2v) is 3.90. The molecule has 0 amide bonds. The second-order valence-electron chi connectivity index (χ2n) is 2.64. The highest BCUT2D eigenvalue weighted by atomic mass is 79.9. The molecule has 0 radical (unpaired) electrons. The van der Waals surface area contributed by atoms with Crippen LogP contribution in [-0.2, 0) is 0 Å². The molecule has 66 valence electrons. The Hall–Kier alpha value is -0.800. The highest BCUT2D eigenvalue weighted by Gasteiger charge is 2.12. The van der Waals surface area contributed by atoms with E-state index in [2.05, 4.69) is 15.9 Å². The summed E-state index contributed by atoms with van der Waals surface area (Å²) in [6.45, 7) is 0. The molecular weight excluding hydrogens is 253 g/mol. The molecule has 1 N–H and O–H groups in total. The maximum absolute atomic E-state index is 9.46. The fraction of sp³-hybridized carbons (Fsp3) is 0. The summed E-state index contributed by atoms with van der Waals surface area (Å²) >= 11 is 9.35. The van der Waals surface area contributed by atoms with E-state index in [4.69, 9.17) is 11.6 Å². The number of rotatable bonds is 0. The molecular formula is C9H6BrClNO+. The molecule has 13 heavy (non-hydrogen) atoms. The van der Waals surface area contributed by atoms with Crippen LogP contribution in [-0.4, -0.2) is 5.21 Å². The Morgan fingerprint density at radius 2 is 2.08 bits per heavy atom. The average Bonchev–Trinajstić information content (AvgIpc) is 2.12. The summed E-state index contributed by atoms with van der Waals surface area (Å²) in [6.07, 6.45) is 1.51. The molecule has 0 spiro atoms. The smallest absolute Gasteiger partial charge is 0.267 e. The van der Waals surface area contributed by atoms with Gasteiger partial charge in [0.1, 0.15) is 0 Å². The molecule has 2 aromatic rings. The van der Waals surface area contributed by atoms with Crippen LogP contribution in [0.15, 0.2) is 34.9 Å². The van der Waals surface area contributed by atoms with Crippen LogP contribution in [0.1, 0.15) is 0 Å². The van der Waals surface area contributed by atoms with Gasteiger partial charge in [-0.05, 0) is 22.0 Å². The summed E-state index contributed by atoms with van der Waals surface area (Å²) in [5.41, 5.74) is 0.682. The van der Waals surface area contributed by atoms with Crippen molar-refractivity contribution in [2.45, 2.75) is 0 Å². The van der Waals surface area contributed by atoms with Gasteiger partial charge in [0.15, 0.2) is 0 Å². The topological polar surface area (TPSA) is 24.1 Å². The lowest BCUT2D eigenvalue weighted by Crippen LogP contribution is -2.29. The Kier molecular flexibility index (Phi) is 2.14. The van der Waals surface area contributed by atoms with Crippen molar-refractivity contribution in [3.63, 3.8) is 0 Å². The summed E-state index contributed by atoms with van der Waals surface area (Å²) in [4.78, 5) is 0. The van der Waals surface area contributed by atoms with Crippen LogP contribution >= 0.6 is 27.5 Å². The van der Waals surface area contributed by atoms with Crippen molar-refractivity contribution in [2.75, 3.05) is 0 Å². The van der Waals surface area contributed by atoms with Gasteiger partial charge in [0.25, 0.3) is 5.52 Å². The number of hydrogen-bond donors (Lipinski definition) is 1. The zero-order valence-corrected chi connectivity index (χ0v) is 8.88. The number of benzene rings is 1. The van der Waals surface area contributed by atoms with Crippen molar-refractivity contribution in [1.29, 1.82) is 0 Å². The largest absolute Gasteiger partial charge is 0.285 e. The van der Waals surface area contributed by atoms with Gasteiger partial charge in [-0.25, -0.2) is 0 Å². The number of nitrogens with zero attached hydrogens (tertiary/aromatic N) is 1. The molecule has 0 saturated carbocycles. The Bertz CT molecular complexity index is 464. The number of fused-ring (bicyclic) bond motifs is 1. The van der Waals surface area contributed by atoms with E-state index in [0.717, 1.165) is 14.6 Å². The summed E-state index contributed by atoms with van der Waals surface area (Å²) in [6, 6.07) is 7.17. The summed E-state index contributed by atoms with van der Waals surface area (Å²) in [5, 5.41) is 10.9. The number of halogens is 2. The van der Waals surface area contributed by atoms with Gasteiger partial charge in [-0.3, -0.25) is 5.21 Å². The van der Waals surface area contributed by atoms with Gasteiger partial charge >= 0.3 is 0 Å². The van der Waals surface area contributed by atoms with E-state index in [1.165, 1.54) is 6.20 Å². The van der Waals surface area contributed by atoms with Crippen LogP contribution in [0.3, 0.4) is 0 Å². The summed E-state index contributed by atoms with van der Waals surface area (Å²) in [5.74, 6) is 0. The zero-order valence-electron chi connectivity index (χ0n) is 6.54. The van der Waals surface area contributed by atoms with Crippen molar-refractivity contribution >= 4 is 38.4 Å². The van der Waals surface area contributed by atoms with Gasteiger partial charge < -0.3 is 0 Å². The van der Waals surface area contributed by atoms with E-state index < -0.39 is 0 Å². The monoisotopic (exact) mass is 258 g/mol. The minimum absolute atomic E-state index is 0.618. The van der Waals surface area contributed by atoms with E-state index in [-0.39, 0.29) is 0 Å². The predicted molar refractivity (Wildman–Crippen MR) is 54.0 cm³/mol. The third kappa shape index (κ3) is 1.38. The number of aromatic nitrogens is 1. The number of hydrogen-bond acceptors (Lipinski definition) is 1. The van der Waals surface area contributed by atoms with E-state index in [9.17, 15) is 5.21 Å². The molecule has 0 fully saturated rings. The van der Waals surface area contributed by atoms with Gasteiger partial charge in [0, 0.05) is 21.3 Å². The quantitative estimate of drug-likeness (QED) is 0.571. The van der Waals surface area contributed by atoms with Crippen LogP contribution in [0.2, 0.25) is 5.02 Å². The van der Waals surface area contributed by atoms with Crippen molar-refractivity contribution in [2.24, 2.45) is 0 Å². The maximum Gasteiger partial charge on any atom is 0.267 e. The van der Waals surface area contributed by atoms with Crippen LogP contribution in [0.4, 0.5) is 0 Å². The van der Waals surface area contributed by atoms with Crippen LogP contribution < -0.4 is 4.73 Å². The molecule has 1 heterocycles. The first-order valence-corrected chi connectivity index (χ1v) is 4.85. The van der Waals surface area contributed by atoms with Gasteiger partial charge in [0.05, 0.1) is 10.4 Å². The Morgan fingerprint density at radius 1 is 1.31 bits per heavy atom. The average molecular weight is 260 g/mol. The standard InChI is InChI=1S/C9H6BrClNO/c10-6-2-1-3-8-9(6)7(11)4-5-12(8)13/h1-5,13H/q+1. The molecule has 2 rings (SSSR count). The maximum atomic E-state index is 9.46. The predicted octanol–water partition coefficient (Wildman–Crippen LogP) is 2.78. The molecule has 0 bridgehead atoms. The lowest BCUT2D eigenvalue weighted by Gasteiger charge is -1.98. The van der Waals surface area contributed by atoms with Crippen molar-refractivity contribution in [3.8, 4) is 0 Å². The lowest BCUT2D eigenvalue weighted by atomic mass is 10.2. The first kappa shape index (κ1) is 8.78. The van der Waals surface area contributed by atoms with Crippen LogP contribution in [0.5, 0.6) is 0 Å². The Morgan fingerprint density at radius 3 is 2.77 bits per heavy atom. The molecule has 0 saturated heterocycles. The molecule has 4 heteroatoms. The van der Waals surface area contributed by atoms with Crippen LogP contribution in [0, 0.1) is 0 Å². The van der Waals surface area contributed by atoms with Crippen molar-refractivity contribution < 1.29 is 9.94 Å². The minimum Gasteiger partial charge on any atom is -0.285 e. The van der Waals surface area contributed by atoms with Gasteiger partial charge in [0.2, 0.25) is 6.20 Å². The zero-order chi connectivity index (χ0) is 9.42. The van der Waals surface area contributed by atoms with E-state index in [0.29, 0.717) is 10.5 Å². The third-order valence-corrected chi connectivity index (χ3v) is 2.82. The Labute approximate surface area is 88.5 Å². The summed E-state index contributed by atoms with van der Waals surface area (Å²) < 4.78 is 1.92. The fourth-order valence-corrected chi connectivity index (χ4v) is 2.18. The van der Waals surface area contributed by atoms with Gasteiger partial charge in [-0.2, -0.15) is 0 Å². The van der Waals surface area contributed by atoms with Gasteiger partial charge in [-0.15, -0.1) is 0 Å². The minimum atomic E-state index is 0.618. The third-order valence-electron chi connectivity index (χ3n) is 1.84. The van der Waals surface area contributed by atoms with E-state index >= 15 is 0 Å². The molecule has 0 atom stereocenters.